The molecule has 3 N–H and O–H groups in total. The van der Waals surface area contributed by atoms with Crippen LogP contribution >= 0.6 is 0 Å². The summed E-state index contributed by atoms with van der Waals surface area (Å²) in [4.78, 5) is 20.8. The van der Waals surface area contributed by atoms with Gasteiger partial charge in [0.2, 0.25) is 5.91 Å². The molecule has 0 bridgehead atoms. The molecule has 0 unspecified atom stereocenters. The first-order valence-corrected chi connectivity index (χ1v) is 4.06. The molecule has 5 nitrogen and oxygen atoms in total. The van der Waals surface area contributed by atoms with Crippen LogP contribution in [0.1, 0.15) is 6.92 Å². The number of hydrogen-bond donors (Lipinski definition) is 3. The van der Waals surface area contributed by atoms with Gasteiger partial charge >= 0.3 is 5.97 Å². The fraction of sp³-hybridized carbons (Fsp3) is 0.500. The van der Waals surface area contributed by atoms with Crippen molar-refractivity contribution in [3.05, 3.63) is 12.2 Å². The van der Waals surface area contributed by atoms with Crippen molar-refractivity contribution in [1.82, 2.24) is 10.6 Å². The summed E-state index contributed by atoms with van der Waals surface area (Å²) in [6.07, 6.45) is 1.80. The molecule has 0 aliphatic heterocycles. The van der Waals surface area contributed by atoms with E-state index >= 15 is 0 Å². The topological polar surface area (TPSA) is 78.4 Å². The Labute approximate surface area is 76.8 Å². The van der Waals surface area contributed by atoms with Crippen LogP contribution in [0.5, 0.6) is 0 Å². The largest absolute Gasteiger partial charge is 0.478 e. The van der Waals surface area contributed by atoms with Crippen LogP contribution in [0.25, 0.3) is 0 Å². The molecule has 0 rings (SSSR count). The van der Waals surface area contributed by atoms with Crippen LogP contribution in [-0.2, 0) is 9.59 Å². The lowest BCUT2D eigenvalue weighted by atomic mass is 10.4. The third kappa shape index (κ3) is 8.55. The van der Waals surface area contributed by atoms with Crippen LogP contribution in [0.4, 0.5) is 0 Å². The number of carbonyl (C=O) groups is 2. The number of hydrogen-bond acceptors (Lipinski definition) is 3. The zero-order valence-corrected chi connectivity index (χ0v) is 7.54. The number of likely N-dealkylation sites (N-methyl/N-ethyl adjacent to an activating group) is 1. The molecule has 0 saturated carbocycles. The molecule has 0 aliphatic rings. The number of aliphatic carboxylic acids is 1. The summed E-state index contributed by atoms with van der Waals surface area (Å²) in [5.41, 5.74) is 0. The van der Waals surface area contributed by atoms with Crippen LogP contribution in [0.2, 0.25) is 0 Å². The Balaban J connectivity index is 3.46. The molecule has 0 aromatic rings. The van der Waals surface area contributed by atoms with Gasteiger partial charge in [0, 0.05) is 25.2 Å². The zero-order chi connectivity index (χ0) is 10.1. The molecule has 0 aromatic carbocycles. The standard InChI is InChI=1S/C8H14N2O3/c1-2-9-5-6-10-7(11)3-4-8(12)13/h3-4,9H,2,5-6H2,1H3,(H,10,11)(H,12,13)/b4-3+. The maximum atomic E-state index is 10.8. The van der Waals surface area contributed by atoms with Crippen molar-refractivity contribution in [3.63, 3.8) is 0 Å². The van der Waals surface area contributed by atoms with E-state index in [0.717, 1.165) is 18.7 Å². The molecule has 0 radical (unpaired) electrons. The second-order valence-corrected chi connectivity index (χ2v) is 2.32. The lowest BCUT2D eigenvalue weighted by Crippen LogP contribution is -2.30. The predicted molar refractivity (Wildman–Crippen MR) is 48.3 cm³/mol. The third-order valence-corrected chi connectivity index (χ3v) is 1.23. The molecule has 74 valence electrons. The molecule has 1 amide bonds. The SMILES string of the molecule is CCNCCNC(=O)/C=C/C(=O)O. The molecule has 5 heteroatoms. The number of carboxylic acid groups (broad SMARTS) is 1. The van der Waals surface area contributed by atoms with Crippen LogP contribution in [0, 0.1) is 0 Å². The highest BCUT2D eigenvalue weighted by Gasteiger charge is 1.94. The summed E-state index contributed by atoms with van der Waals surface area (Å²) < 4.78 is 0. The lowest BCUT2D eigenvalue weighted by molar-refractivity contribution is -0.131. The average Bonchev–Trinajstić information content (AvgIpc) is 2.09. The molecule has 0 fully saturated rings. The molecule has 0 heterocycles. The fourth-order valence-electron chi connectivity index (χ4n) is 0.657. The van der Waals surface area contributed by atoms with Crippen molar-refractivity contribution in [2.75, 3.05) is 19.6 Å². The van der Waals surface area contributed by atoms with Crippen molar-refractivity contribution in [2.45, 2.75) is 6.92 Å². The Hall–Kier alpha value is -1.36. The van der Waals surface area contributed by atoms with Gasteiger partial charge in [-0.25, -0.2) is 4.79 Å². The van der Waals surface area contributed by atoms with Gasteiger partial charge in [0.05, 0.1) is 0 Å². The summed E-state index contributed by atoms with van der Waals surface area (Å²) in [5, 5.41) is 13.7. The van der Waals surface area contributed by atoms with E-state index in [0.29, 0.717) is 13.1 Å². The number of carbonyl (C=O) groups excluding carboxylic acids is 1. The van der Waals surface area contributed by atoms with Crippen molar-refractivity contribution in [2.24, 2.45) is 0 Å². The molecular formula is C8H14N2O3. The number of nitrogens with one attached hydrogen (secondary N) is 2. The summed E-state index contributed by atoms with van der Waals surface area (Å²) in [7, 11) is 0. The van der Waals surface area contributed by atoms with Crippen LogP contribution in [0.3, 0.4) is 0 Å². The van der Waals surface area contributed by atoms with E-state index in [1.807, 2.05) is 6.92 Å². The summed E-state index contributed by atoms with van der Waals surface area (Å²) >= 11 is 0. The quantitative estimate of drug-likeness (QED) is 0.380. The van der Waals surface area contributed by atoms with Gasteiger partial charge in [0.15, 0.2) is 0 Å². The average molecular weight is 186 g/mol. The Kier molecular flexibility index (Phi) is 6.53. The smallest absolute Gasteiger partial charge is 0.328 e. The van der Waals surface area contributed by atoms with Crippen LogP contribution in [0.15, 0.2) is 12.2 Å². The van der Waals surface area contributed by atoms with Gasteiger partial charge < -0.3 is 15.7 Å². The van der Waals surface area contributed by atoms with Gasteiger partial charge in [0.1, 0.15) is 0 Å². The van der Waals surface area contributed by atoms with Gasteiger partial charge in [-0.1, -0.05) is 6.92 Å². The second kappa shape index (κ2) is 7.30. The Morgan fingerprint density at radius 3 is 2.54 bits per heavy atom. The fourth-order valence-corrected chi connectivity index (χ4v) is 0.657. The first-order chi connectivity index (χ1) is 6.16. The van der Waals surface area contributed by atoms with Crippen molar-refractivity contribution < 1.29 is 14.7 Å². The van der Waals surface area contributed by atoms with E-state index in [4.69, 9.17) is 5.11 Å². The van der Waals surface area contributed by atoms with Gasteiger partial charge in [0.25, 0.3) is 0 Å². The molecule has 13 heavy (non-hydrogen) atoms. The third-order valence-electron chi connectivity index (χ3n) is 1.23. The van der Waals surface area contributed by atoms with E-state index in [-0.39, 0.29) is 5.91 Å². The molecule has 0 aliphatic carbocycles. The highest BCUT2D eigenvalue weighted by atomic mass is 16.4. The van der Waals surface area contributed by atoms with Crippen molar-refractivity contribution in [3.8, 4) is 0 Å². The van der Waals surface area contributed by atoms with Crippen molar-refractivity contribution >= 4 is 11.9 Å². The molecule has 0 spiro atoms. The number of carboxylic acids is 1. The second-order valence-electron chi connectivity index (χ2n) is 2.32. The molecule has 0 aromatic heterocycles. The molecule has 0 atom stereocenters. The Morgan fingerprint density at radius 2 is 2.00 bits per heavy atom. The predicted octanol–water partition coefficient (Wildman–Crippen LogP) is -0.647. The maximum Gasteiger partial charge on any atom is 0.328 e. The van der Waals surface area contributed by atoms with E-state index < -0.39 is 5.97 Å². The van der Waals surface area contributed by atoms with Crippen molar-refractivity contribution in [1.29, 1.82) is 0 Å². The minimum absolute atomic E-state index is 0.389. The van der Waals surface area contributed by atoms with E-state index in [9.17, 15) is 9.59 Å². The highest BCUT2D eigenvalue weighted by Crippen LogP contribution is 1.73. The molecule has 0 saturated heterocycles. The zero-order valence-electron chi connectivity index (χ0n) is 7.54. The summed E-state index contributed by atoms with van der Waals surface area (Å²) in [5.74, 6) is -1.51. The normalized spacial score (nSPS) is 10.2. The first-order valence-electron chi connectivity index (χ1n) is 4.06. The van der Waals surface area contributed by atoms with Gasteiger partial charge in [-0.2, -0.15) is 0 Å². The summed E-state index contributed by atoms with van der Waals surface area (Å²) in [6, 6.07) is 0. The maximum absolute atomic E-state index is 10.8. The van der Waals surface area contributed by atoms with E-state index in [1.165, 1.54) is 0 Å². The Bertz CT molecular complexity index is 202. The van der Waals surface area contributed by atoms with Gasteiger partial charge in [-0.15, -0.1) is 0 Å². The Morgan fingerprint density at radius 1 is 1.31 bits per heavy atom. The number of rotatable bonds is 6. The highest BCUT2D eigenvalue weighted by molar-refractivity contribution is 5.93. The molecular weight excluding hydrogens is 172 g/mol. The van der Waals surface area contributed by atoms with Crippen LogP contribution in [-0.4, -0.2) is 36.6 Å². The first kappa shape index (κ1) is 11.6. The van der Waals surface area contributed by atoms with E-state index in [1.54, 1.807) is 0 Å². The van der Waals surface area contributed by atoms with Gasteiger partial charge in [-0.05, 0) is 6.54 Å². The lowest BCUT2D eigenvalue weighted by Gasteiger charge is -2.01. The minimum Gasteiger partial charge on any atom is -0.478 e. The summed E-state index contributed by atoms with van der Waals surface area (Å²) in [6.45, 7) is 3.99. The monoisotopic (exact) mass is 186 g/mol. The number of amides is 1. The van der Waals surface area contributed by atoms with Crippen LogP contribution < -0.4 is 10.6 Å². The van der Waals surface area contributed by atoms with Gasteiger partial charge in [-0.3, -0.25) is 4.79 Å². The minimum atomic E-state index is -1.12. The van der Waals surface area contributed by atoms with E-state index in [2.05, 4.69) is 10.6 Å².